The molecule has 0 spiro atoms. The van der Waals surface area contributed by atoms with Crippen LogP contribution in [0.4, 0.5) is 27.3 Å². The Hall–Kier alpha value is -2.26. The van der Waals surface area contributed by atoms with Crippen LogP contribution < -0.4 is 15.5 Å². The molecule has 1 aromatic heterocycles. The lowest BCUT2D eigenvalue weighted by molar-refractivity contribution is -0.384. The largest absolute Gasteiger partial charge is 0.367 e. The predicted molar refractivity (Wildman–Crippen MR) is 93.4 cm³/mol. The van der Waals surface area contributed by atoms with Crippen molar-refractivity contribution in [2.24, 2.45) is 0 Å². The lowest BCUT2D eigenvalue weighted by Gasteiger charge is -2.29. The summed E-state index contributed by atoms with van der Waals surface area (Å²) < 4.78 is 14.9. The van der Waals surface area contributed by atoms with E-state index in [2.05, 4.69) is 31.5 Å². The van der Waals surface area contributed by atoms with Crippen LogP contribution >= 0.6 is 15.9 Å². The molecule has 3 rings (SSSR count). The quantitative estimate of drug-likeness (QED) is 0.470. The Balaban J connectivity index is 1.85. The van der Waals surface area contributed by atoms with E-state index in [9.17, 15) is 14.5 Å². The minimum atomic E-state index is -0.534. The molecule has 2 aromatic rings. The lowest BCUT2D eigenvalue weighted by atomic mass is 10.2. The molecule has 0 atom stereocenters. The standard InChI is InChI=1S/C15H15BrFN5O2/c16-14-4-3-13(22(23)24)15(20-14)19-10-1-2-12(11(17)9-10)21-7-5-18-6-8-21/h1-4,9,18H,5-8H2,(H,19,20). The van der Waals surface area contributed by atoms with Crippen molar-refractivity contribution in [2.75, 3.05) is 36.4 Å². The van der Waals surface area contributed by atoms with Crippen LogP contribution in [0.5, 0.6) is 0 Å². The van der Waals surface area contributed by atoms with Gasteiger partial charge in [0.1, 0.15) is 10.4 Å². The number of nitrogens with one attached hydrogen (secondary N) is 2. The molecule has 0 unspecified atom stereocenters. The van der Waals surface area contributed by atoms with E-state index in [1.165, 1.54) is 18.2 Å². The molecule has 0 saturated carbocycles. The third-order valence-corrected chi connectivity index (χ3v) is 4.15. The normalized spacial score (nSPS) is 14.5. The highest BCUT2D eigenvalue weighted by Gasteiger charge is 2.18. The van der Waals surface area contributed by atoms with Crippen LogP contribution in [0.3, 0.4) is 0 Å². The van der Waals surface area contributed by atoms with Gasteiger partial charge < -0.3 is 15.5 Å². The molecule has 0 aliphatic carbocycles. The highest BCUT2D eigenvalue weighted by Crippen LogP contribution is 2.29. The summed E-state index contributed by atoms with van der Waals surface area (Å²) in [6.07, 6.45) is 0. The van der Waals surface area contributed by atoms with Gasteiger partial charge in [-0.1, -0.05) is 0 Å². The first kappa shape index (κ1) is 16.6. The maximum atomic E-state index is 14.4. The molecular weight excluding hydrogens is 381 g/mol. The van der Waals surface area contributed by atoms with Gasteiger partial charge in [0.15, 0.2) is 0 Å². The topological polar surface area (TPSA) is 83.3 Å². The van der Waals surface area contributed by atoms with Crippen molar-refractivity contribution in [3.05, 3.63) is 50.9 Å². The Morgan fingerprint density at radius 2 is 2.04 bits per heavy atom. The molecule has 0 radical (unpaired) electrons. The van der Waals surface area contributed by atoms with E-state index in [0.717, 1.165) is 26.2 Å². The van der Waals surface area contributed by atoms with Crippen LogP contribution in [0.2, 0.25) is 0 Å². The Morgan fingerprint density at radius 1 is 1.29 bits per heavy atom. The van der Waals surface area contributed by atoms with Gasteiger partial charge in [-0.05, 0) is 40.2 Å². The first-order chi connectivity index (χ1) is 11.5. The van der Waals surface area contributed by atoms with E-state index < -0.39 is 4.92 Å². The van der Waals surface area contributed by atoms with Crippen molar-refractivity contribution in [2.45, 2.75) is 0 Å². The average Bonchev–Trinajstić information content (AvgIpc) is 2.55. The van der Waals surface area contributed by atoms with E-state index in [0.29, 0.717) is 16.0 Å². The van der Waals surface area contributed by atoms with Crippen molar-refractivity contribution >= 4 is 38.8 Å². The fraction of sp³-hybridized carbons (Fsp3) is 0.267. The summed E-state index contributed by atoms with van der Waals surface area (Å²) >= 11 is 3.18. The Kier molecular flexibility index (Phi) is 4.91. The van der Waals surface area contributed by atoms with Crippen LogP contribution in [0.1, 0.15) is 0 Å². The van der Waals surface area contributed by atoms with Gasteiger partial charge in [-0.3, -0.25) is 10.1 Å². The first-order valence-electron chi connectivity index (χ1n) is 7.38. The number of pyridine rings is 1. The van der Waals surface area contributed by atoms with E-state index in [1.807, 2.05) is 4.90 Å². The number of anilines is 3. The molecule has 126 valence electrons. The zero-order chi connectivity index (χ0) is 17.1. The Bertz CT molecular complexity index is 768. The summed E-state index contributed by atoms with van der Waals surface area (Å²) in [5, 5.41) is 17.1. The van der Waals surface area contributed by atoms with Crippen LogP contribution in [0.15, 0.2) is 34.9 Å². The van der Waals surface area contributed by atoms with E-state index >= 15 is 0 Å². The molecule has 2 heterocycles. The molecule has 1 saturated heterocycles. The van der Waals surface area contributed by atoms with Crippen LogP contribution in [0.25, 0.3) is 0 Å². The fourth-order valence-corrected chi connectivity index (χ4v) is 2.86. The highest BCUT2D eigenvalue weighted by atomic mass is 79.9. The average molecular weight is 396 g/mol. The number of nitro groups is 1. The highest BCUT2D eigenvalue weighted by molar-refractivity contribution is 9.10. The zero-order valence-electron chi connectivity index (χ0n) is 12.6. The molecule has 2 N–H and O–H groups in total. The minimum Gasteiger partial charge on any atom is -0.367 e. The van der Waals surface area contributed by atoms with Crippen molar-refractivity contribution in [1.29, 1.82) is 0 Å². The fourth-order valence-electron chi connectivity index (χ4n) is 2.55. The molecule has 0 bridgehead atoms. The van der Waals surface area contributed by atoms with Crippen molar-refractivity contribution in [3.63, 3.8) is 0 Å². The van der Waals surface area contributed by atoms with Crippen molar-refractivity contribution in [3.8, 4) is 0 Å². The SMILES string of the molecule is O=[N+]([O-])c1ccc(Br)nc1Nc1ccc(N2CCNCC2)c(F)c1. The predicted octanol–water partition coefficient (Wildman–Crippen LogP) is 3.04. The second-order valence-electron chi connectivity index (χ2n) is 5.29. The summed E-state index contributed by atoms with van der Waals surface area (Å²) in [5.41, 5.74) is 0.753. The molecule has 24 heavy (non-hydrogen) atoms. The second-order valence-corrected chi connectivity index (χ2v) is 6.10. The number of nitrogens with zero attached hydrogens (tertiary/aromatic N) is 3. The molecule has 1 aliphatic heterocycles. The van der Waals surface area contributed by atoms with Gasteiger partial charge >= 0.3 is 5.69 Å². The van der Waals surface area contributed by atoms with Crippen LogP contribution in [-0.4, -0.2) is 36.1 Å². The van der Waals surface area contributed by atoms with Gasteiger partial charge in [0.2, 0.25) is 5.82 Å². The first-order valence-corrected chi connectivity index (χ1v) is 8.17. The van der Waals surface area contributed by atoms with E-state index in [1.54, 1.807) is 12.1 Å². The van der Waals surface area contributed by atoms with E-state index in [-0.39, 0.29) is 17.3 Å². The Morgan fingerprint density at radius 3 is 2.71 bits per heavy atom. The van der Waals surface area contributed by atoms with E-state index in [4.69, 9.17) is 0 Å². The number of hydrogen-bond acceptors (Lipinski definition) is 6. The number of hydrogen-bond donors (Lipinski definition) is 2. The van der Waals surface area contributed by atoms with Gasteiger partial charge in [-0.15, -0.1) is 0 Å². The maximum absolute atomic E-state index is 14.4. The molecule has 0 amide bonds. The molecule has 1 aromatic carbocycles. The number of halogens is 2. The molecular formula is C15H15BrFN5O2. The molecule has 7 nitrogen and oxygen atoms in total. The maximum Gasteiger partial charge on any atom is 0.311 e. The Labute approximate surface area is 146 Å². The van der Waals surface area contributed by atoms with Gasteiger partial charge in [0, 0.05) is 37.9 Å². The minimum absolute atomic E-state index is 0.0590. The summed E-state index contributed by atoms with van der Waals surface area (Å²) in [5.74, 6) is -0.316. The third-order valence-electron chi connectivity index (χ3n) is 3.70. The van der Waals surface area contributed by atoms with Gasteiger partial charge in [0.05, 0.1) is 10.6 Å². The summed E-state index contributed by atoms with van der Waals surface area (Å²) in [6, 6.07) is 7.51. The number of rotatable bonds is 4. The monoisotopic (exact) mass is 395 g/mol. The number of piperazine rings is 1. The van der Waals surface area contributed by atoms with Gasteiger partial charge in [-0.2, -0.15) is 0 Å². The zero-order valence-corrected chi connectivity index (χ0v) is 14.2. The van der Waals surface area contributed by atoms with Gasteiger partial charge in [0.25, 0.3) is 0 Å². The number of aromatic nitrogens is 1. The van der Waals surface area contributed by atoms with Gasteiger partial charge in [-0.25, -0.2) is 9.37 Å². The summed E-state index contributed by atoms with van der Waals surface area (Å²) in [4.78, 5) is 16.6. The van der Waals surface area contributed by atoms with Crippen molar-refractivity contribution in [1.82, 2.24) is 10.3 Å². The molecule has 1 fully saturated rings. The smallest absolute Gasteiger partial charge is 0.311 e. The van der Waals surface area contributed by atoms with Crippen molar-refractivity contribution < 1.29 is 9.31 Å². The second kappa shape index (κ2) is 7.10. The van der Waals surface area contributed by atoms with Crippen LogP contribution in [0, 0.1) is 15.9 Å². The summed E-state index contributed by atoms with van der Waals surface area (Å²) in [7, 11) is 0. The molecule has 9 heteroatoms. The van der Waals surface area contributed by atoms with Crippen LogP contribution in [-0.2, 0) is 0 Å². The molecule has 1 aliphatic rings. The number of benzene rings is 1. The summed E-state index contributed by atoms with van der Waals surface area (Å²) in [6.45, 7) is 3.10. The lowest BCUT2D eigenvalue weighted by Crippen LogP contribution is -2.43. The third kappa shape index (κ3) is 3.62.